The zero-order valence-corrected chi connectivity index (χ0v) is 17.0. The average molecular weight is 415 g/mol. The molecule has 0 aromatic carbocycles. The van der Waals surface area contributed by atoms with Gasteiger partial charge in [-0.05, 0) is 26.7 Å². The number of nitrogens with one attached hydrogen (secondary N) is 3. The largest absolute Gasteiger partial charge is 0.494 e. The Bertz CT molecular complexity index is 1180. The van der Waals surface area contributed by atoms with E-state index in [1.807, 2.05) is 13.8 Å². The third kappa shape index (κ3) is 3.88. The average Bonchev–Trinajstić information content (AvgIpc) is 3.42. The van der Waals surface area contributed by atoms with Gasteiger partial charge in [0, 0.05) is 31.6 Å². The lowest BCUT2D eigenvalue weighted by Gasteiger charge is -2.24. The monoisotopic (exact) mass is 415 g/mol. The van der Waals surface area contributed by atoms with Gasteiger partial charge < -0.3 is 20.5 Å². The third-order valence-electron chi connectivity index (χ3n) is 5.08. The minimum atomic E-state index is -0.677. The van der Waals surface area contributed by atoms with Crippen LogP contribution in [0.1, 0.15) is 26.7 Å². The maximum absolute atomic E-state index is 13.2. The van der Waals surface area contributed by atoms with Crippen molar-refractivity contribution in [1.29, 1.82) is 0 Å². The van der Waals surface area contributed by atoms with Crippen LogP contribution < -0.4 is 37.9 Å². The fourth-order valence-electron chi connectivity index (χ4n) is 3.18. The van der Waals surface area contributed by atoms with Crippen LogP contribution in [0.15, 0.2) is 28.2 Å². The fraction of sp³-hybridized carbons (Fsp3) is 0.474. The van der Waals surface area contributed by atoms with Crippen molar-refractivity contribution >= 4 is 17.8 Å². The normalized spacial score (nSPS) is 18.8. The molecular weight excluding hydrogens is 390 g/mol. The van der Waals surface area contributed by atoms with Gasteiger partial charge in [0.1, 0.15) is 17.5 Å². The lowest BCUT2D eigenvalue weighted by Crippen LogP contribution is -2.61. The maximum Gasteiger partial charge on any atom is 0.289 e. The van der Waals surface area contributed by atoms with Crippen molar-refractivity contribution in [2.45, 2.75) is 51.0 Å². The summed E-state index contributed by atoms with van der Waals surface area (Å²) in [5.74, 6) is 0.0992. The van der Waals surface area contributed by atoms with E-state index in [4.69, 9.17) is 4.74 Å². The summed E-state index contributed by atoms with van der Waals surface area (Å²) in [6, 6.07) is 0.0801. The van der Waals surface area contributed by atoms with E-state index in [0.717, 1.165) is 12.8 Å². The number of hydrogen-bond donors (Lipinski definition) is 4. The summed E-state index contributed by atoms with van der Waals surface area (Å²) in [6.07, 6.45) is 7.61. The Labute approximate surface area is 171 Å². The van der Waals surface area contributed by atoms with Crippen molar-refractivity contribution in [3.63, 3.8) is 0 Å². The topological polar surface area (TPSA) is 135 Å². The zero-order valence-electron chi connectivity index (χ0n) is 17.0. The molecule has 30 heavy (non-hydrogen) atoms. The standard InChI is InChI=1S/C19H25N7O4/c1-19(2,30-3)10-25-14-8-12(23-13-9-20-6-7-21-13)24-26(14)18(29)15(17(25)28)16(27)22-11-4-5-11/h6-9,11-12,22,24,27H,4-5,10H2,1-3H3,(H,21,23). The molecule has 160 valence electrons. The highest BCUT2D eigenvalue weighted by Gasteiger charge is 2.27. The molecule has 11 heteroatoms. The molecule has 2 aromatic rings. The van der Waals surface area contributed by atoms with Crippen molar-refractivity contribution in [2.75, 3.05) is 17.9 Å². The lowest BCUT2D eigenvalue weighted by atomic mass is 10.1. The van der Waals surface area contributed by atoms with Gasteiger partial charge in [-0.3, -0.25) is 24.6 Å². The summed E-state index contributed by atoms with van der Waals surface area (Å²) >= 11 is 0. The molecule has 4 rings (SSSR count). The van der Waals surface area contributed by atoms with Crippen LogP contribution in [-0.4, -0.2) is 49.2 Å². The van der Waals surface area contributed by atoms with E-state index in [1.54, 1.807) is 31.8 Å². The van der Waals surface area contributed by atoms with Gasteiger partial charge in [-0.2, -0.15) is 0 Å². The number of anilines is 1. The molecular formula is C19H25N7O4. The molecule has 1 aliphatic heterocycles. The fourth-order valence-corrected chi connectivity index (χ4v) is 3.18. The minimum absolute atomic E-state index is 0.0801. The van der Waals surface area contributed by atoms with Gasteiger partial charge in [0.2, 0.25) is 5.88 Å². The Morgan fingerprint density at radius 1 is 1.33 bits per heavy atom. The molecule has 0 radical (unpaired) electrons. The van der Waals surface area contributed by atoms with Gasteiger partial charge in [0.05, 0.1) is 18.3 Å². The van der Waals surface area contributed by atoms with Crippen molar-refractivity contribution in [3.8, 4) is 0 Å². The molecule has 2 aromatic heterocycles. The number of aliphatic hydroxyl groups excluding tert-OH is 1. The van der Waals surface area contributed by atoms with Crippen LogP contribution >= 0.6 is 0 Å². The number of methoxy groups -OCH3 is 1. The summed E-state index contributed by atoms with van der Waals surface area (Å²) in [7, 11) is 1.56. The van der Waals surface area contributed by atoms with Crippen LogP contribution in [0.5, 0.6) is 0 Å². The summed E-state index contributed by atoms with van der Waals surface area (Å²) < 4.78 is 8.16. The molecule has 1 unspecified atom stereocenters. The van der Waals surface area contributed by atoms with Crippen LogP contribution in [0, 0.1) is 0 Å². The Morgan fingerprint density at radius 3 is 2.73 bits per heavy atom. The van der Waals surface area contributed by atoms with Crippen LogP contribution in [0.3, 0.4) is 0 Å². The van der Waals surface area contributed by atoms with E-state index in [-0.39, 0.29) is 17.8 Å². The highest BCUT2D eigenvalue weighted by atomic mass is 16.5. The summed E-state index contributed by atoms with van der Waals surface area (Å²) in [4.78, 5) is 34.5. The van der Waals surface area contributed by atoms with Crippen LogP contribution in [-0.2, 0) is 11.3 Å². The van der Waals surface area contributed by atoms with Gasteiger partial charge in [-0.25, -0.2) is 9.66 Å². The number of aliphatic hydroxyl groups is 1. The molecule has 2 aliphatic rings. The molecule has 4 N–H and O–H groups in total. The first-order valence-electron chi connectivity index (χ1n) is 9.71. The van der Waals surface area contributed by atoms with Gasteiger partial charge in [-0.15, -0.1) is 0 Å². The highest BCUT2D eigenvalue weighted by Crippen LogP contribution is 2.19. The Kier molecular flexibility index (Phi) is 4.98. The molecule has 0 spiro atoms. The first kappa shape index (κ1) is 20.0. The van der Waals surface area contributed by atoms with E-state index >= 15 is 0 Å². The molecule has 0 saturated heterocycles. The Morgan fingerprint density at radius 2 is 2.10 bits per heavy atom. The number of nitrogens with zero attached hydrogens (tertiary/aromatic N) is 4. The van der Waals surface area contributed by atoms with Gasteiger partial charge in [-0.1, -0.05) is 0 Å². The maximum atomic E-state index is 13.2. The molecule has 1 fully saturated rings. The molecule has 0 bridgehead atoms. The predicted octanol–water partition coefficient (Wildman–Crippen LogP) is -1.62. The van der Waals surface area contributed by atoms with E-state index < -0.39 is 28.8 Å². The number of rotatable bonds is 7. The van der Waals surface area contributed by atoms with E-state index in [0.29, 0.717) is 11.3 Å². The van der Waals surface area contributed by atoms with E-state index in [1.165, 1.54) is 9.24 Å². The molecule has 0 amide bonds. The molecule has 1 saturated carbocycles. The first-order valence-corrected chi connectivity index (χ1v) is 9.71. The third-order valence-corrected chi connectivity index (χ3v) is 5.08. The quantitative estimate of drug-likeness (QED) is 0.421. The summed E-state index contributed by atoms with van der Waals surface area (Å²) in [5, 5.41) is 16.1. The molecule has 1 aliphatic carbocycles. The second-order valence-electron chi connectivity index (χ2n) is 8.00. The molecule has 3 heterocycles. The first-order chi connectivity index (χ1) is 14.3. The minimum Gasteiger partial charge on any atom is -0.494 e. The van der Waals surface area contributed by atoms with Crippen molar-refractivity contribution in [1.82, 2.24) is 24.5 Å². The van der Waals surface area contributed by atoms with Crippen LogP contribution in [0.25, 0.3) is 12.0 Å². The molecule has 11 nitrogen and oxygen atoms in total. The number of aromatic nitrogens is 4. The van der Waals surface area contributed by atoms with Crippen LogP contribution in [0.2, 0.25) is 0 Å². The zero-order chi connectivity index (χ0) is 21.5. The van der Waals surface area contributed by atoms with Gasteiger partial charge in [0.25, 0.3) is 11.1 Å². The van der Waals surface area contributed by atoms with Crippen molar-refractivity contribution in [2.24, 2.45) is 0 Å². The SMILES string of the molecule is COC(C)(C)Cn1c(=O)c(=C(O)NC2CC2)c(=O)n2c1=CC(Nc1cnccn1)N2. The lowest BCUT2D eigenvalue weighted by molar-refractivity contribution is 0.00615. The van der Waals surface area contributed by atoms with Crippen molar-refractivity contribution in [3.05, 3.63) is 50.0 Å². The van der Waals surface area contributed by atoms with Gasteiger partial charge in [0.15, 0.2) is 5.22 Å². The predicted molar refractivity (Wildman–Crippen MR) is 111 cm³/mol. The van der Waals surface area contributed by atoms with Gasteiger partial charge >= 0.3 is 0 Å². The highest BCUT2D eigenvalue weighted by molar-refractivity contribution is 5.45. The second kappa shape index (κ2) is 7.48. The number of fused-ring (bicyclic) bond motifs is 1. The van der Waals surface area contributed by atoms with Crippen molar-refractivity contribution < 1.29 is 9.84 Å². The Balaban J connectivity index is 1.85. The summed E-state index contributed by atoms with van der Waals surface area (Å²) in [6.45, 7) is 3.85. The summed E-state index contributed by atoms with van der Waals surface area (Å²) in [5.41, 5.74) is 1.47. The number of ether oxygens (including phenoxy) is 1. The number of hydrogen-bond acceptors (Lipinski definition) is 9. The van der Waals surface area contributed by atoms with E-state index in [9.17, 15) is 14.7 Å². The van der Waals surface area contributed by atoms with Crippen LogP contribution in [0.4, 0.5) is 5.82 Å². The smallest absolute Gasteiger partial charge is 0.289 e. The second-order valence-corrected chi connectivity index (χ2v) is 8.00. The Hall–Kier alpha value is -3.34. The van der Waals surface area contributed by atoms with E-state index in [2.05, 4.69) is 26.0 Å². The molecule has 1 atom stereocenters.